The Morgan fingerprint density at radius 3 is 1.59 bits per heavy atom. The Bertz CT molecular complexity index is 2250. The van der Waals surface area contributed by atoms with Crippen LogP contribution >= 0.6 is 0 Å². The average molecular weight is 775 g/mol. The molecule has 2 amide bonds. The molecule has 0 heterocycles. The smallest absolute Gasteiger partial charge is 0.335 e. The number of nitrogens with zero attached hydrogens (tertiary/aromatic N) is 2. The molecule has 286 valence electrons. The van der Waals surface area contributed by atoms with E-state index in [1.165, 1.54) is 71.4 Å². The van der Waals surface area contributed by atoms with Gasteiger partial charge in [0.05, 0.1) is 5.56 Å². The maximum atomic E-state index is 12.2. The molecule has 0 saturated heterocycles. The van der Waals surface area contributed by atoms with Crippen LogP contribution in [-0.4, -0.2) is 76.5 Å². The molecule has 0 radical (unpaired) electrons. The van der Waals surface area contributed by atoms with Crippen LogP contribution in [0.15, 0.2) is 72.8 Å². The van der Waals surface area contributed by atoms with Crippen molar-refractivity contribution >= 4 is 55.9 Å². The first-order chi connectivity index (χ1) is 25.6. The molecule has 0 unspecified atom stereocenters. The molecular formula is C40H46N4O8S2. The fourth-order valence-electron chi connectivity index (χ4n) is 6.64. The molecule has 0 bridgehead atoms. The number of hydrogen-bond acceptors (Lipinski definition) is 7. The van der Waals surface area contributed by atoms with Gasteiger partial charge in [0.25, 0.3) is 11.8 Å². The van der Waals surface area contributed by atoms with Crippen LogP contribution in [0, 0.1) is 5.92 Å². The molecule has 1 fully saturated rings. The second-order valence-electron chi connectivity index (χ2n) is 13.9. The van der Waals surface area contributed by atoms with Gasteiger partial charge in [0.15, 0.2) is 0 Å². The van der Waals surface area contributed by atoms with Crippen molar-refractivity contribution < 1.29 is 36.3 Å². The number of aromatic carboxylic acids is 1. The van der Waals surface area contributed by atoms with Crippen LogP contribution in [0.25, 0.3) is 17.7 Å². The Morgan fingerprint density at radius 1 is 0.630 bits per heavy atom. The molecule has 0 aromatic heterocycles. The number of allylic oxidation sites excluding steroid dienone is 4. The van der Waals surface area contributed by atoms with Crippen molar-refractivity contribution in [3.63, 3.8) is 0 Å². The van der Waals surface area contributed by atoms with Gasteiger partial charge in [0, 0.05) is 39.3 Å². The zero-order chi connectivity index (χ0) is 39.2. The van der Waals surface area contributed by atoms with E-state index in [1.54, 1.807) is 30.3 Å². The van der Waals surface area contributed by atoms with Crippen molar-refractivity contribution in [2.75, 3.05) is 28.2 Å². The average Bonchev–Trinajstić information content (AvgIpc) is 3.91. The minimum atomic E-state index is -3.77. The van der Waals surface area contributed by atoms with Gasteiger partial charge in [-0.1, -0.05) is 67.8 Å². The normalized spacial score (nSPS) is 15.6. The number of carbonyl (C=O) groups excluding carboxylic acids is 2. The van der Waals surface area contributed by atoms with Crippen LogP contribution in [0.2, 0.25) is 0 Å². The number of benzene rings is 3. The monoisotopic (exact) mass is 774 g/mol. The van der Waals surface area contributed by atoms with E-state index < -0.39 is 38.2 Å². The Morgan fingerprint density at radius 2 is 1.09 bits per heavy atom. The third kappa shape index (κ3) is 9.80. The van der Waals surface area contributed by atoms with E-state index >= 15 is 0 Å². The summed E-state index contributed by atoms with van der Waals surface area (Å²) in [6.45, 7) is 0. The standard InChI is InChI=1S/C18H24N2O3S.C12H14N2O3S.C10H8O2/c1-20(2)24(22,23)19-18(21)15-9-11-17-14(12-15)8-10-16(17)13-6-4-3-5-7-13;1-14(2)18(16,17)13-12(15)11-7-6-9-4-3-5-10(9)8-11;11-10(12)9-5-4-7-2-1-3-8(7)6-9/h9-13H,3-8H2,1-2H3,(H,19,21);3-4,6-8H,5H2,1-2H3,(H,13,15);1-2,4-6H,3H2,(H,11,12). The van der Waals surface area contributed by atoms with Crippen molar-refractivity contribution in [2.24, 2.45) is 5.92 Å². The number of carbonyl (C=O) groups is 3. The van der Waals surface area contributed by atoms with Crippen molar-refractivity contribution in [1.82, 2.24) is 18.1 Å². The zero-order valence-corrected chi connectivity index (χ0v) is 32.5. The Kier molecular flexibility index (Phi) is 12.7. The Hall–Kier alpha value is -4.89. The third-order valence-electron chi connectivity index (χ3n) is 9.74. The number of fused-ring (bicyclic) bond motifs is 3. The maximum Gasteiger partial charge on any atom is 0.335 e. The van der Waals surface area contributed by atoms with Gasteiger partial charge in [-0.3, -0.25) is 9.59 Å². The van der Waals surface area contributed by atoms with Crippen molar-refractivity contribution in [3.8, 4) is 0 Å². The quantitative estimate of drug-likeness (QED) is 0.270. The molecule has 14 heteroatoms. The highest BCUT2D eigenvalue weighted by molar-refractivity contribution is 7.88. The van der Waals surface area contributed by atoms with E-state index in [1.807, 2.05) is 53.3 Å². The second-order valence-corrected chi connectivity index (χ2v) is 17.6. The van der Waals surface area contributed by atoms with Gasteiger partial charge in [-0.05, 0) is 113 Å². The summed E-state index contributed by atoms with van der Waals surface area (Å²) in [5, 5.41) is 8.70. The summed E-state index contributed by atoms with van der Waals surface area (Å²) in [5.74, 6) is -1.42. The molecule has 4 aliphatic carbocycles. The van der Waals surface area contributed by atoms with E-state index in [9.17, 15) is 31.2 Å². The lowest BCUT2D eigenvalue weighted by molar-refractivity contribution is 0.0696. The second kappa shape index (κ2) is 17.1. The fraction of sp³-hybridized carbons (Fsp3) is 0.325. The van der Waals surface area contributed by atoms with Gasteiger partial charge < -0.3 is 5.11 Å². The van der Waals surface area contributed by atoms with Crippen LogP contribution in [0.4, 0.5) is 0 Å². The number of carboxylic acid groups (broad SMARTS) is 1. The van der Waals surface area contributed by atoms with Crippen molar-refractivity contribution in [1.29, 1.82) is 0 Å². The summed E-state index contributed by atoms with van der Waals surface area (Å²) in [6, 6.07) is 15.9. The Balaban J connectivity index is 0.000000165. The highest BCUT2D eigenvalue weighted by atomic mass is 32.2. The minimum absolute atomic E-state index is 0.350. The molecule has 0 aliphatic heterocycles. The predicted octanol–water partition coefficient (Wildman–Crippen LogP) is 5.49. The molecule has 3 N–H and O–H groups in total. The van der Waals surface area contributed by atoms with Crippen LogP contribution in [0.3, 0.4) is 0 Å². The number of amides is 2. The first-order valence-corrected chi connectivity index (χ1v) is 20.6. The largest absolute Gasteiger partial charge is 0.478 e. The lowest BCUT2D eigenvalue weighted by atomic mass is 9.81. The van der Waals surface area contributed by atoms with Crippen molar-refractivity contribution in [3.05, 3.63) is 123 Å². The summed E-state index contributed by atoms with van der Waals surface area (Å²) >= 11 is 0. The highest BCUT2D eigenvalue weighted by Crippen LogP contribution is 2.40. The number of nitrogens with one attached hydrogen (secondary N) is 2. The van der Waals surface area contributed by atoms with E-state index in [0.717, 1.165) is 55.7 Å². The van der Waals surface area contributed by atoms with E-state index in [2.05, 4.69) is 10.8 Å². The predicted molar refractivity (Wildman–Crippen MR) is 210 cm³/mol. The molecule has 3 aromatic carbocycles. The molecule has 1 saturated carbocycles. The molecule has 0 spiro atoms. The summed E-state index contributed by atoms with van der Waals surface area (Å²) in [6.07, 6.45) is 19.2. The van der Waals surface area contributed by atoms with E-state index in [0.29, 0.717) is 22.6 Å². The van der Waals surface area contributed by atoms with Gasteiger partial charge in [0.1, 0.15) is 0 Å². The summed E-state index contributed by atoms with van der Waals surface area (Å²) in [5.41, 5.74) is 9.22. The molecule has 3 aromatic rings. The van der Waals surface area contributed by atoms with Crippen LogP contribution in [-0.2, 0) is 39.7 Å². The summed E-state index contributed by atoms with van der Waals surface area (Å²) < 4.78 is 52.7. The third-order valence-corrected chi connectivity index (χ3v) is 12.5. The minimum Gasteiger partial charge on any atom is -0.478 e. The van der Waals surface area contributed by atoms with Gasteiger partial charge in [-0.25, -0.2) is 14.2 Å². The van der Waals surface area contributed by atoms with E-state index in [-0.39, 0.29) is 0 Å². The number of hydrogen-bond donors (Lipinski definition) is 3. The topological polar surface area (TPSA) is 170 Å². The lowest BCUT2D eigenvalue weighted by Crippen LogP contribution is -2.39. The van der Waals surface area contributed by atoms with Crippen LogP contribution in [0.5, 0.6) is 0 Å². The Labute approximate surface area is 317 Å². The maximum absolute atomic E-state index is 12.2. The summed E-state index contributed by atoms with van der Waals surface area (Å²) in [4.78, 5) is 34.6. The van der Waals surface area contributed by atoms with Gasteiger partial charge in [-0.15, -0.1) is 0 Å². The van der Waals surface area contributed by atoms with Gasteiger partial charge in [-0.2, -0.15) is 25.4 Å². The van der Waals surface area contributed by atoms with Gasteiger partial charge in [0.2, 0.25) is 0 Å². The molecule has 7 rings (SSSR count). The molecule has 0 atom stereocenters. The molecule has 4 aliphatic rings. The molecule has 12 nitrogen and oxygen atoms in total. The zero-order valence-electron chi connectivity index (χ0n) is 30.8. The number of carboxylic acids is 1. The highest BCUT2D eigenvalue weighted by Gasteiger charge is 2.26. The van der Waals surface area contributed by atoms with Crippen molar-refractivity contribution in [2.45, 2.75) is 51.4 Å². The molecular weight excluding hydrogens is 729 g/mol. The fourth-order valence-corrected chi connectivity index (χ4v) is 7.71. The SMILES string of the molecule is CN(C)S(=O)(=O)NC(=O)c1ccc2c(c1)CC=C2.CN(C)S(=O)(=O)NC(=O)c1ccc2c(c1)CC=C2C1CCCCC1.O=C(O)c1ccc2c(c1)CC=C2. The molecule has 54 heavy (non-hydrogen) atoms. The first-order valence-electron chi connectivity index (χ1n) is 17.7. The number of rotatable bonds is 8. The van der Waals surface area contributed by atoms with E-state index in [4.69, 9.17) is 5.11 Å². The van der Waals surface area contributed by atoms with Crippen LogP contribution in [0.1, 0.15) is 96.6 Å². The summed E-state index contributed by atoms with van der Waals surface area (Å²) in [7, 11) is -2.01. The van der Waals surface area contributed by atoms with Gasteiger partial charge >= 0.3 is 26.4 Å². The first kappa shape index (κ1) is 40.3. The lowest BCUT2D eigenvalue weighted by Gasteiger charge is -2.23. The van der Waals surface area contributed by atoms with Crippen LogP contribution < -0.4 is 9.44 Å².